The number of carbonyl (C=O) groups is 1. The molecule has 122 valence electrons. The van der Waals surface area contributed by atoms with Crippen LogP contribution in [0.25, 0.3) is 0 Å². The number of hydrogen-bond acceptors (Lipinski definition) is 6. The molecule has 1 aromatic carbocycles. The van der Waals surface area contributed by atoms with Crippen molar-refractivity contribution in [3.05, 3.63) is 34.3 Å². The molecule has 23 heavy (non-hydrogen) atoms. The highest BCUT2D eigenvalue weighted by Gasteiger charge is 2.15. The van der Waals surface area contributed by atoms with Crippen molar-refractivity contribution in [2.75, 3.05) is 25.1 Å². The molecule has 2 aromatic rings. The lowest BCUT2D eigenvalue weighted by molar-refractivity contribution is 0.102. The average Bonchev–Trinajstić information content (AvgIpc) is 3.02. The number of rotatable bonds is 6. The van der Waals surface area contributed by atoms with Gasteiger partial charge in [-0.1, -0.05) is 11.3 Å². The van der Waals surface area contributed by atoms with Crippen molar-refractivity contribution in [1.82, 2.24) is 10.2 Å². The molecule has 1 amide bonds. The van der Waals surface area contributed by atoms with E-state index >= 15 is 0 Å². The van der Waals surface area contributed by atoms with Gasteiger partial charge in [-0.25, -0.2) is 0 Å². The third kappa shape index (κ3) is 4.05. The first-order valence-corrected chi connectivity index (χ1v) is 8.55. The third-order valence-electron chi connectivity index (χ3n) is 3.52. The summed E-state index contributed by atoms with van der Waals surface area (Å²) < 4.78 is 10.9. The minimum Gasteiger partial charge on any atom is -0.493 e. The molecule has 0 saturated carbocycles. The molecule has 1 aromatic heterocycles. The maximum Gasteiger partial charge on any atom is 0.257 e. The zero-order valence-corrected chi connectivity index (χ0v) is 13.8. The highest BCUT2D eigenvalue weighted by atomic mass is 32.1. The number of amides is 1. The summed E-state index contributed by atoms with van der Waals surface area (Å²) in [6.07, 6.45) is 2.63. The molecule has 0 unspecified atom stereocenters. The Morgan fingerprint density at radius 1 is 1.43 bits per heavy atom. The molecule has 0 fully saturated rings. The highest BCUT2D eigenvalue weighted by Crippen LogP contribution is 2.26. The maximum absolute atomic E-state index is 12.3. The molecular weight excluding hydrogens is 314 g/mol. The molecule has 1 aliphatic heterocycles. The van der Waals surface area contributed by atoms with Crippen molar-refractivity contribution in [1.29, 1.82) is 0 Å². The number of hydrogen-bond donors (Lipinski definition) is 1. The van der Waals surface area contributed by atoms with Gasteiger partial charge in [0, 0.05) is 18.6 Å². The van der Waals surface area contributed by atoms with E-state index in [9.17, 15) is 4.79 Å². The molecular formula is C16H19N3O3S. The number of carbonyl (C=O) groups excluding carboxylic acids is 1. The standard InChI is InChI=1S/C16H19N3O3S/c1-2-21-9-7-14-18-19-16(23-14)17-15(20)12-5-6-13-11(10-12)4-3-8-22-13/h5-6,10H,2-4,7-9H2,1H3,(H,17,19,20). The molecule has 1 aliphatic rings. The lowest BCUT2D eigenvalue weighted by Crippen LogP contribution is -2.14. The molecule has 0 aliphatic carbocycles. The van der Waals surface area contributed by atoms with Gasteiger partial charge in [-0.05, 0) is 43.5 Å². The van der Waals surface area contributed by atoms with Crippen molar-refractivity contribution in [2.24, 2.45) is 0 Å². The summed E-state index contributed by atoms with van der Waals surface area (Å²) in [7, 11) is 0. The summed E-state index contributed by atoms with van der Waals surface area (Å²) in [5.41, 5.74) is 1.69. The second-order valence-electron chi connectivity index (χ2n) is 5.18. The predicted molar refractivity (Wildman–Crippen MR) is 88.3 cm³/mol. The first-order chi connectivity index (χ1) is 11.3. The Bertz CT molecular complexity index is 687. The van der Waals surface area contributed by atoms with Crippen LogP contribution in [0.15, 0.2) is 18.2 Å². The molecule has 0 atom stereocenters. The van der Waals surface area contributed by atoms with Crippen LogP contribution in [0.5, 0.6) is 5.75 Å². The monoisotopic (exact) mass is 333 g/mol. The van der Waals surface area contributed by atoms with Crippen LogP contribution < -0.4 is 10.1 Å². The number of ether oxygens (including phenoxy) is 2. The van der Waals surface area contributed by atoms with E-state index in [1.807, 2.05) is 19.1 Å². The molecule has 0 saturated heterocycles. The summed E-state index contributed by atoms with van der Waals surface area (Å²) in [5.74, 6) is 0.702. The number of aromatic nitrogens is 2. The Kier molecular flexibility index (Phi) is 5.19. The van der Waals surface area contributed by atoms with Crippen molar-refractivity contribution >= 4 is 22.4 Å². The van der Waals surface area contributed by atoms with Gasteiger partial charge in [-0.3, -0.25) is 10.1 Å². The molecule has 2 heterocycles. The van der Waals surface area contributed by atoms with E-state index in [1.54, 1.807) is 6.07 Å². The molecule has 0 bridgehead atoms. The van der Waals surface area contributed by atoms with Gasteiger partial charge in [-0.15, -0.1) is 10.2 Å². The van der Waals surface area contributed by atoms with Crippen LogP contribution in [0.2, 0.25) is 0 Å². The average molecular weight is 333 g/mol. The Morgan fingerprint density at radius 3 is 3.22 bits per heavy atom. The molecule has 6 nitrogen and oxygen atoms in total. The normalized spacial score (nSPS) is 13.3. The molecule has 3 rings (SSSR count). The fourth-order valence-corrected chi connectivity index (χ4v) is 3.10. The van der Waals surface area contributed by atoms with Gasteiger partial charge < -0.3 is 9.47 Å². The van der Waals surface area contributed by atoms with Gasteiger partial charge in [-0.2, -0.15) is 0 Å². The van der Waals surface area contributed by atoms with Crippen LogP contribution in [0.1, 0.15) is 34.3 Å². The van der Waals surface area contributed by atoms with Gasteiger partial charge in [0.2, 0.25) is 5.13 Å². The van der Waals surface area contributed by atoms with Gasteiger partial charge in [0.05, 0.1) is 13.2 Å². The van der Waals surface area contributed by atoms with Gasteiger partial charge in [0.15, 0.2) is 0 Å². The minimum absolute atomic E-state index is 0.175. The highest BCUT2D eigenvalue weighted by molar-refractivity contribution is 7.15. The SMILES string of the molecule is CCOCCc1nnc(NC(=O)c2ccc3c(c2)CCCO3)s1. The Hall–Kier alpha value is -1.99. The van der Waals surface area contributed by atoms with Crippen LogP contribution in [-0.4, -0.2) is 35.9 Å². The van der Waals surface area contributed by atoms with Crippen molar-refractivity contribution < 1.29 is 14.3 Å². The zero-order chi connectivity index (χ0) is 16.1. The second-order valence-corrected chi connectivity index (χ2v) is 6.24. The first kappa shape index (κ1) is 15.9. The van der Waals surface area contributed by atoms with E-state index in [0.717, 1.165) is 35.8 Å². The summed E-state index contributed by atoms with van der Waals surface area (Å²) in [6.45, 7) is 4.00. The number of aryl methyl sites for hydroxylation is 1. The molecule has 1 N–H and O–H groups in total. The van der Waals surface area contributed by atoms with Gasteiger partial charge >= 0.3 is 0 Å². The van der Waals surface area contributed by atoms with E-state index in [-0.39, 0.29) is 5.91 Å². The van der Waals surface area contributed by atoms with Crippen molar-refractivity contribution in [3.8, 4) is 5.75 Å². The number of anilines is 1. The summed E-state index contributed by atoms with van der Waals surface area (Å²) in [6, 6.07) is 5.52. The summed E-state index contributed by atoms with van der Waals surface area (Å²) in [4.78, 5) is 12.3. The summed E-state index contributed by atoms with van der Waals surface area (Å²) >= 11 is 1.38. The fourth-order valence-electron chi connectivity index (χ4n) is 2.38. The van der Waals surface area contributed by atoms with E-state index in [2.05, 4.69) is 15.5 Å². The lowest BCUT2D eigenvalue weighted by atomic mass is 10.0. The maximum atomic E-state index is 12.3. The van der Waals surface area contributed by atoms with Gasteiger partial charge in [0.25, 0.3) is 5.91 Å². The van der Waals surface area contributed by atoms with Crippen LogP contribution in [0.3, 0.4) is 0 Å². The van der Waals surface area contributed by atoms with Crippen LogP contribution in [0.4, 0.5) is 5.13 Å². The number of nitrogens with one attached hydrogen (secondary N) is 1. The number of fused-ring (bicyclic) bond motifs is 1. The second kappa shape index (κ2) is 7.52. The topological polar surface area (TPSA) is 73.3 Å². The molecule has 0 spiro atoms. The Balaban J connectivity index is 1.62. The number of nitrogens with zero attached hydrogens (tertiary/aromatic N) is 2. The lowest BCUT2D eigenvalue weighted by Gasteiger charge is -2.17. The van der Waals surface area contributed by atoms with Crippen molar-refractivity contribution in [3.63, 3.8) is 0 Å². The van der Waals surface area contributed by atoms with Crippen LogP contribution in [-0.2, 0) is 17.6 Å². The molecule has 0 radical (unpaired) electrons. The van der Waals surface area contributed by atoms with E-state index < -0.39 is 0 Å². The minimum atomic E-state index is -0.175. The molecule has 7 heteroatoms. The Morgan fingerprint density at radius 2 is 2.35 bits per heavy atom. The predicted octanol–water partition coefficient (Wildman–Crippen LogP) is 2.69. The fraction of sp³-hybridized carbons (Fsp3) is 0.438. The quantitative estimate of drug-likeness (QED) is 0.823. The third-order valence-corrected chi connectivity index (χ3v) is 4.42. The van der Waals surface area contributed by atoms with E-state index in [1.165, 1.54) is 11.3 Å². The van der Waals surface area contributed by atoms with Crippen molar-refractivity contribution in [2.45, 2.75) is 26.2 Å². The summed E-state index contributed by atoms with van der Waals surface area (Å²) in [5, 5.41) is 12.2. The first-order valence-electron chi connectivity index (χ1n) is 7.73. The smallest absolute Gasteiger partial charge is 0.257 e. The number of benzene rings is 1. The van der Waals surface area contributed by atoms with Gasteiger partial charge in [0.1, 0.15) is 10.8 Å². The van der Waals surface area contributed by atoms with E-state index in [0.29, 0.717) is 30.3 Å². The van der Waals surface area contributed by atoms with Crippen LogP contribution >= 0.6 is 11.3 Å². The van der Waals surface area contributed by atoms with Crippen LogP contribution in [0, 0.1) is 0 Å². The Labute approximate surface area is 138 Å². The largest absolute Gasteiger partial charge is 0.493 e. The zero-order valence-electron chi connectivity index (χ0n) is 13.0. The van der Waals surface area contributed by atoms with E-state index in [4.69, 9.17) is 9.47 Å².